The van der Waals surface area contributed by atoms with Crippen molar-refractivity contribution >= 4 is 17.3 Å². The molecule has 0 spiro atoms. The Labute approximate surface area is 173 Å². The van der Waals surface area contributed by atoms with Gasteiger partial charge in [0, 0.05) is 17.9 Å². The zero-order valence-corrected chi connectivity index (χ0v) is 16.4. The van der Waals surface area contributed by atoms with Crippen LogP contribution in [0, 0.1) is 6.92 Å². The molecule has 4 rings (SSSR count). The summed E-state index contributed by atoms with van der Waals surface area (Å²) in [7, 11) is 0. The lowest BCUT2D eigenvalue weighted by molar-refractivity contribution is -0.137. The monoisotopic (exact) mass is 410 g/mol. The minimum absolute atomic E-state index is 0.188. The first kappa shape index (κ1) is 20.0. The Balaban J connectivity index is 1.70. The van der Waals surface area contributed by atoms with Gasteiger partial charge in [-0.1, -0.05) is 48.5 Å². The van der Waals surface area contributed by atoms with Gasteiger partial charge in [-0.05, 0) is 54.3 Å². The molecule has 0 radical (unpaired) electrons. The van der Waals surface area contributed by atoms with Crippen molar-refractivity contribution in [2.24, 2.45) is 0 Å². The van der Waals surface area contributed by atoms with Crippen LogP contribution in [0.5, 0.6) is 0 Å². The number of hydrogen-bond acceptors (Lipinski definition) is 2. The van der Waals surface area contributed by atoms with Crippen molar-refractivity contribution in [2.75, 3.05) is 16.8 Å². The van der Waals surface area contributed by atoms with Crippen molar-refractivity contribution in [1.82, 2.24) is 0 Å². The number of nitrogens with zero attached hydrogens (tertiary/aromatic N) is 1. The molecule has 0 bridgehead atoms. The number of anilines is 2. The maximum absolute atomic E-state index is 13.6. The summed E-state index contributed by atoms with van der Waals surface area (Å²) in [5.41, 5.74) is 3.48. The zero-order valence-electron chi connectivity index (χ0n) is 16.4. The highest BCUT2D eigenvalue weighted by molar-refractivity contribution is 6.01. The third-order valence-corrected chi connectivity index (χ3v) is 5.37. The van der Waals surface area contributed by atoms with Gasteiger partial charge in [-0.25, -0.2) is 0 Å². The molecule has 3 aromatic rings. The van der Waals surface area contributed by atoms with Gasteiger partial charge in [-0.2, -0.15) is 13.2 Å². The van der Waals surface area contributed by atoms with Gasteiger partial charge in [0.2, 0.25) is 0 Å². The van der Waals surface area contributed by atoms with Crippen molar-refractivity contribution in [3.8, 4) is 0 Å². The van der Waals surface area contributed by atoms with Crippen LogP contribution in [0.1, 0.15) is 28.3 Å². The highest BCUT2D eigenvalue weighted by Crippen LogP contribution is 2.35. The van der Waals surface area contributed by atoms with Gasteiger partial charge in [0.15, 0.2) is 0 Å². The maximum atomic E-state index is 13.6. The molecule has 3 aromatic carbocycles. The Bertz CT molecular complexity index is 1050. The summed E-state index contributed by atoms with van der Waals surface area (Å²) in [6.45, 7) is 2.51. The lowest BCUT2D eigenvalue weighted by Crippen LogP contribution is -2.37. The van der Waals surface area contributed by atoms with E-state index in [1.165, 1.54) is 12.1 Å². The first-order chi connectivity index (χ1) is 14.3. The topological polar surface area (TPSA) is 32.3 Å². The van der Waals surface area contributed by atoms with Crippen LogP contribution < -0.4 is 10.2 Å². The van der Waals surface area contributed by atoms with E-state index in [0.29, 0.717) is 12.1 Å². The third-order valence-electron chi connectivity index (χ3n) is 5.37. The fourth-order valence-electron chi connectivity index (χ4n) is 3.88. The minimum Gasteiger partial charge on any atom is -0.370 e. The van der Waals surface area contributed by atoms with Gasteiger partial charge in [0.1, 0.15) is 6.04 Å². The first-order valence-corrected chi connectivity index (χ1v) is 9.73. The van der Waals surface area contributed by atoms with Crippen LogP contribution >= 0.6 is 0 Å². The summed E-state index contributed by atoms with van der Waals surface area (Å²) in [6.07, 6.45) is -3.66. The number of alkyl halides is 3. The second-order valence-electron chi connectivity index (χ2n) is 7.39. The molecule has 30 heavy (non-hydrogen) atoms. The average Bonchev–Trinajstić information content (AvgIpc) is 3.17. The van der Waals surface area contributed by atoms with E-state index in [1.807, 2.05) is 55.5 Å². The van der Waals surface area contributed by atoms with Crippen molar-refractivity contribution < 1.29 is 18.0 Å². The van der Waals surface area contributed by atoms with E-state index in [9.17, 15) is 18.0 Å². The number of para-hydroxylation sites is 2. The average molecular weight is 410 g/mol. The number of rotatable bonds is 4. The van der Waals surface area contributed by atoms with Crippen LogP contribution in [-0.2, 0) is 17.4 Å². The van der Waals surface area contributed by atoms with Crippen molar-refractivity contribution in [3.63, 3.8) is 0 Å². The summed E-state index contributed by atoms with van der Waals surface area (Å²) in [5.74, 6) is -0.188. The number of halogens is 3. The van der Waals surface area contributed by atoms with Crippen LogP contribution in [0.25, 0.3) is 0 Å². The largest absolute Gasteiger partial charge is 0.416 e. The normalized spacial score (nSPS) is 14.3. The number of benzene rings is 3. The van der Waals surface area contributed by atoms with E-state index in [4.69, 9.17) is 0 Å². The summed E-state index contributed by atoms with van der Waals surface area (Å²) in [5, 5.41) is 3.21. The van der Waals surface area contributed by atoms with E-state index < -0.39 is 17.8 Å². The summed E-state index contributed by atoms with van der Waals surface area (Å²) < 4.78 is 39.0. The predicted molar refractivity (Wildman–Crippen MR) is 111 cm³/mol. The van der Waals surface area contributed by atoms with Gasteiger partial charge < -0.3 is 10.2 Å². The Morgan fingerprint density at radius 2 is 1.67 bits per heavy atom. The summed E-state index contributed by atoms with van der Waals surface area (Å²) >= 11 is 0. The number of fused-ring (bicyclic) bond motifs is 1. The van der Waals surface area contributed by atoms with Crippen LogP contribution in [-0.4, -0.2) is 12.5 Å². The Morgan fingerprint density at radius 1 is 0.967 bits per heavy atom. The molecule has 1 heterocycles. The first-order valence-electron chi connectivity index (χ1n) is 9.73. The number of amides is 1. The lowest BCUT2D eigenvalue weighted by atomic mass is 10.0. The molecule has 6 heteroatoms. The van der Waals surface area contributed by atoms with Gasteiger partial charge >= 0.3 is 6.18 Å². The molecular weight excluding hydrogens is 389 g/mol. The van der Waals surface area contributed by atoms with Crippen molar-refractivity contribution in [1.29, 1.82) is 0 Å². The fraction of sp³-hybridized carbons (Fsp3) is 0.208. The molecule has 154 valence electrons. The molecule has 0 saturated heterocycles. The molecule has 3 nitrogen and oxygen atoms in total. The molecule has 1 aliphatic rings. The standard InChI is InChI=1S/C24H21F3N2O/c1-16-6-5-7-18-14-15-29(22(16)18)23(30)21(28-20-8-3-2-4-9-20)17-10-12-19(13-11-17)24(25,26)27/h2-13,21,28H,14-15H2,1H3. The molecule has 0 aromatic heterocycles. The highest BCUT2D eigenvalue weighted by atomic mass is 19.4. The number of carbonyl (C=O) groups is 1. The van der Waals surface area contributed by atoms with Gasteiger partial charge in [-0.3, -0.25) is 4.79 Å². The number of hydrogen-bond donors (Lipinski definition) is 1. The quantitative estimate of drug-likeness (QED) is 0.593. The molecule has 1 amide bonds. The maximum Gasteiger partial charge on any atom is 0.416 e. The van der Waals surface area contributed by atoms with E-state index in [0.717, 1.165) is 41.1 Å². The molecule has 1 N–H and O–H groups in total. The predicted octanol–water partition coefficient (Wildman–Crippen LogP) is 5.76. The third kappa shape index (κ3) is 3.90. The van der Waals surface area contributed by atoms with Crippen LogP contribution in [0.15, 0.2) is 72.8 Å². The SMILES string of the molecule is Cc1cccc2c1N(C(=O)C(Nc1ccccc1)c1ccc(C(F)(F)F)cc1)CC2. The molecule has 1 unspecified atom stereocenters. The highest BCUT2D eigenvalue weighted by Gasteiger charge is 2.34. The zero-order chi connectivity index (χ0) is 21.3. The van der Waals surface area contributed by atoms with E-state index in [-0.39, 0.29) is 5.91 Å². The van der Waals surface area contributed by atoms with Gasteiger partial charge in [-0.15, -0.1) is 0 Å². The number of aryl methyl sites for hydroxylation is 1. The molecule has 0 fully saturated rings. The summed E-state index contributed by atoms with van der Waals surface area (Å²) in [4.78, 5) is 15.3. The van der Waals surface area contributed by atoms with Crippen LogP contribution in [0.4, 0.5) is 24.5 Å². The van der Waals surface area contributed by atoms with E-state index in [1.54, 1.807) is 4.90 Å². The molecule has 0 saturated carbocycles. The molecular formula is C24H21F3N2O. The van der Waals surface area contributed by atoms with E-state index in [2.05, 4.69) is 5.32 Å². The van der Waals surface area contributed by atoms with Crippen molar-refractivity contribution in [3.05, 3.63) is 95.1 Å². The van der Waals surface area contributed by atoms with Crippen LogP contribution in [0.2, 0.25) is 0 Å². The summed E-state index contributed by atoms with van der Waals surface area (Å²) in [6, 6.07) is 19.1. The van der Waals surface area contributed by atoms with Crippen molar-refractivity contribution in [2.45, 2.75) is 25.6 Å². The number of nitrogens with one attached hydrogen (secondary N) is 1. The Hall–Kier alpha value is -3.28. The fourth-order valence-corrected chi connectivity index (χ4v) is 3.88. The van der Waals surface area contributed by atoms with Gasteiger partial charge in [0.05, 0.1) is 5.56 Å². The Morgan fingerprint density at radius 3 is 2.33 bits per heavy atom. The second kappa shape index (κ2) is 7.86. The van der Waals surface area contributed by atoms with Gasteiger partial charge in [0.25, 0.3) is 5.91 Å². The number of carbonyl (C=O) groups excluding carboxylic acids is 1. The molecule has 1 atom stereocenters. The Kier molecular flexibility index (Phi) is 5.24. The van der Waals surface area contributed by atoms with E-state index >= 15 is 0 Å². The molecule has 0 aliphatic carbocycles. The smallest absolute Gasteiger partial charge is 0.370 e. The van der Waals surface area contributed by atoms with Crippen LogP contribution in [0.3, 0.4) is 0 Å². The minimum atomic E-state index is -4.42. The molecule has 1 aliphatic heterocycles. The second-order valence-corrected chi connectivity index (χ2v) is 7.39. The lowest BCUT2D eigenvalue weighted by Gasteiger charge is -2.27.